The number of fused-ring (bicyclic) bond motifs is 9. The molecule has 9 aromatic rings. The quantitative estimate of drug-likeness (QED) is 0.211. The van der Waals surface area contributed by atoms with Gasteiger partial charge in [0.25, 0.3) is 0 Å². The van der Waals surface area contributed by atoms with Gasteiger partial charge in [-0.2, -0.15) is 0 Å². The van der Waals surface area contributed by atoms with Crippen molar-refractivity contribution >= 4 is 75.1 Å². The highest BCUT2D eigenvalue weighted by Crippen LogP contribution is 2.42. The molecule has 0 atom stereocenters. The minimum absolute atomic E-state index is 1.20. The summed E-state index contributed by atoms with van der Waals surface area (Å²) in [4.78, 5) is 0. The van der Waals surface area contributed by atoms with Crippen molar-refractivity contribution in [3.8, 4) is 11.4 Å². The second kappa shape index (κ2) is 8.08. The van der Waals surface area contributed by atoms with Gasteiger partial charge in [-0.1, -0.05) is 78.9 Å². The third kappa shape index (κ3) is 2.93. The van der Waals surface area contributed by atoms with Crippen LogP contribution in [0.1, 0.15) is 5.56 Å². The summed E-state index contributed by atoms with van der Waals surface area (Å²) in [6, 6.07) is 46.8. The Kier molecular flexibility index (Phi) is 4.44. The summed E-state index contributed by atoms with van der Waals surface area (Å²) in [7, 11) is 0. The molecule has 0 aliphatic carbocycles. The van der Waals surface area contributed by atoms with Gasteiger partial charge in [0, 0.05) is 42.7 Å². The molecule has 0 fully saturated rings. The molecule has 188 valence electrons. The summed E-state index contributed by atoms with van der Waals surface area (Å²) in [5.41, 5.74) is 8.70. The summed E-state index contributed by atoms with van der Waals surface area (Å²) in [5.74, 6) is 0. The topological polar surface area (TPSA) is 9.86 Å². The monoisotopic (exact) mass is 528 g/mol. The number of hydrogen-bond donors (Lipinski definition) is 0. The van der Waals surface area contributed by atoms with Crippen molar-refractivity contribution in [2.45, 2.75) is 6.92 Å². The highest BCUT2D eigenvalue weighted by atomic mass is 32.1. The molecule has 0 unspecified atom stereocenters. The fraction of sp³-hybridized carbons (Fsp3) is 0.0270. The molecule has 6 aromatic carbocycles. The summed E-state index contributed by atoms with van der Waals surface area (Å²) in [6.45, 7) is 2.17. The number of nitrogens with zero attached hydrogens (tertiary/aromatic N) is 2. The van der Waals surface area contributed by atoms with Crippen molar-refractivity contribution in [3.63, 3.8) is 0 Å². The maximum Gasteiger partial charge on any atom is 0.0640 e. The Hall–Kier alpha value is -4.86. The van der Waals surface area contributed by atoms with Crippen molar-refractivity contribution in [2.75, 3.05) is 0 Å². The minimum atomic E-state index is 1.20. The van der Waals surface area contributed by atoms with Crippen LogP contribution in [0.15, 0.2) is 127 Å². The van der Waals surface area contributed by atoms with Gasteiger partial charge < -0.3 is 9.13 Å². The number of para-hydroxylation sites is 3. The molecule has 3 heteroatoms. The third-order valence-electron chi connectivity index (χ3n) is 8.37. The highest BCUT2D eigenvalue weighted by molar-refractivity contribution is 7.26. The van der Waals surface area contributed by atoms with Crippen molar-refractivity contribution in [1.82, 2.24) is 9.13 Å². The maximum absolute atomic E-state index is 2.44. The molecule has 0 radical (unpaired) electrons. The number of aryl methyl sites for hydroxylation is 1. The second-order valence-corrected chi connectivity index (χ2v) is 11.7. The summed E-state index contributed by atoms with van der Waals surface area (Å²) >= 11 is 1.89. The highest BCUT2D eigenvalue weighted by Gasteiger charge is 2.17. The van der Waals surface area contributed by atoms with E-state index in [0.29, 0.717) is 0 Å². The van der Waals surface area contributed by atoms with Gasteiger partial charge in [-0.3, -0.25) is 0 Å². The van der Waals surface area contributed by atoms with Crippen molar-refractivity contribution in [3.05, 3.63) is 133 Å². The van der Waals surface area contributed by atoms with Gasteiger partial charge in [-0.15, -0.1) is 11.3 Å². The predicted molar refractivity (Wildman–Crippen MR) is 173 cm³/mol. The first-order valence-electron chi connectivity index (χ1n) is 13.7. The van der Waals surface area contributed by atoms with E-state index in [1.165, 1.54) is 80.7 Å². The van der Waals surface area contributed by atoms with E-state index in [1.807, 2.05) is 11.3 Å². The van der Waals surface area contributed by atoms with E-state index in [4.69, 9.17) is 0 Å². The van der Waals surface area contributed by atoms with Gasteiger partial charge >= 0.3 is 0 Å². The zero-order chi connectivity index (χ0) is 26.4. The molecule has 0 amide bonds. The molecule has 40 heavy (non-hydrogen) atoms. The maximum atomic E-state index is 2.44. The Morgan fingerprint density at radius 3 is 1.75 bits per heavy atom. The SMILES string of the molecule is Cc1ccc2c3ccccc3n(-c3ccc4sc5c(-n6c7ccccc7c7ccccc76)cccc5c4c3)c2c1. The van der Waals surface area contributed by atoms with Crippen LogP contribution in [0.4, 0.5) is 0 Å². The molecule has 0 aliphatic heterocycles. The molecule has 2 nitrogen and oxygen atoms in total. The standard InChI is InChI=1S/C37H24N2S/c1-23-17-19-28-27-11-2-5-13-31(27)38(35(28)21-23)24-18-20-36-30(22-24)29-12-8-16-34(37(29)40-36)39-32-14-6-3-9-25(32)26-10-4-7-15-33(26)39/h2-22H,1H3. The van der Waals surface area contributed by atoms with Gasteiger partial charge in [-0.25, -0.2) is 0 Å². The van der Waals surface area contributed by atoms with Crippen LogP contribution in [0, 0.1) is 6.92 Å². The van der Waals surface area contributed by atoms with Crippen molar-refractivity contribution in [1.29, 1.82) is 0 Å². The van der Waals surface area contributed by atoms with Gasteiger partial charge in [0.05, 0.1) is 32.5 Å². The fourth-order valence-electron chi connectivity index (χ4n) is 6.63. The molecule has 0 N–H and O–H groups in total. The van der Waals surface area contributed by atoms with Crippen LogP contribution in [-0.2, 0) is 0 Å². The largest absolute Gasteiger partial charge is 0.309 e. The first kappa shape index (κ1) is 22.0. The third-order valence-corrected chi connectivity index (χ3v) is 9.58. The molecule has 3 aromatic heterocycles. The number of hydrogen-bond acceptors (Lipinski definition) is 1. The lowest BCUT2D eigenvalue weighted by molar-refractivity contribution is 1.18. The van der Waals surface area contributed by atoms with Crippen LogP contribution < -0.4 is 0 Å². The molecular formula is C37H24N2S. The lowest BCUT2D eigenvalue weighted by Gasteiger charge is -2.10. The van der Waals surface area contributed by atoms with E-state index in [2.05, 4.69) is 143 Å². The average Bonchev–Trinajstić information content (AvgIpc) is 3.64. The lowest BCUT2D eigenvalue weighted by Crippen LogP contribution is -1.94. The first-order chi connectivity index (χ1) is 19.8. The Labute approximate surface area is 234 Å². The van der Waals surface area contributed by atoms with Gasteiger partial charge in [0.2, 0.25) is 0 Å². The Morgan fingerprint density at radius 2 is 1.05 bits per heavy atom. The number of thiophene rings is 1. The number of aromatic nitrogens is 2. The van der Waals surface area contributed by atoms with E-state index in [1.54, 1.807) is 0 Å². The van der Waals surface area contributed by atoms with Crippen LogP contribution in [-0.4, -0.2) is 9.13 Å². The number of rotatable bonds is 2. The van der Waals surface area contributed by atoms with Crippen LogP contribution in [0.25, 0.3) is 75.2 Å². The van der Waals surface area contributed by atoms with Crippen LogP contribution >= 0.6 is 11.3 Å². The summed E-state index contributed by atoms with van der Waals surface area (Å²) < 4.78 is 7.50. The molecule has 0 bridgehead atoms. The van der Waals surface area contributed by atoms with Gasteiger partial charge in [0.15, 0.2) is 0 Å². The smallest absolute Gasteiger partial charge is 0.0640 e. The van der Waals surface area contributed by atoms with Crippen LogP contribution in [0.3, 0.4) is 0 Å². The molecule has 3 heterocycles. The van der Waals surface area contributed by atoms with E-state index in [9.17, 15) is 0 Å². The predicted octanol–water partition coefficient (Wildman–Crippen LogP) is 10.6. The number of benzene rings is 6. The zero-order valence-corrected chi connectivity index (χ0v) is 22.7. The molecule has 0 spiro atoms. The molecule has 0 saturated carbocycles. The van der Waals surface area contributed by atoms with Crippen molar-refractivity contribution in [2.24, 2.45) is 0 Å². The summed E-state index contributed by atoms with van der Waals surface area (Å²) in [5, 5.41) is 7.78. The molecule has 9 rings (SSSR count). The van der Waals surface area contributed by atoms with E-state index in [-0.39, 0.29) is 0 Å². The Morgan fingerprint density at radius 1 is 0.450 bits per heavy atom. The lowest BCUT2D eigenvalue weighted by atomic mass is 10.1. The average molecular weight is 529 g/mol. The van der Waals surface area contributed by atoms with E-state index in [0.717, 1.165) is 0 Å². The van der Waals surface area contributed by atoms with Gasteiger partial charge in [0.1, 0.15) is 0 Å². The van der Waals surface area contributed by atoms with Crippen LogP contribution in [0.2, 0.25) is 0 Å². The fourth-order valence-corrected chi connectivity index (χ4v) is 7.81. The van der Waals surface area contributed by atoms with Crippen molar-refractivity contribution < 1.29 is 0 Å². The summed E-state index contributed by atoms with van der Waals surface area (Å²) in [6.07, 6.45) is 0. The minimum Gasteiger partial charge on any atom is -0.309 e. The molecule has 0 saturated heterocycles. The normalized spacial score (nSPS) is 12.1. The Balaban J connectivity index is 1.34. The Bertz CT molecular complexity index is 2400. The van der Waals surface area contributed by atoms with E-state index < -0.39 is 0 Å². The van der Waals surface area contributed by atoms with Gasteiger partial charge in [-0.05, 0) is 61.0 Å². The first-order valence-corrected chi connectivity index (χ1v) is 14.5. The zero-order valence-electron chi connectivity index (χ0n) is 21.9. The molecule has 0 aliphatic rings. The van der Waals surface area contributed by atoms with Crippen LogP contribution in [0.5, 0.6) is 0 Å². The second-order valence-electron chi connectivity index (χ2n) is 10.7. The van der Waals surface area contributed by atoms with E-state index >= 15 is 0 Å². The molecular weight excluding hydrogens is 504 g/mol.